The lowest BCUT2D eigenvalue weighted by molar-refractivity contribution is 0.483. The van der Waals surface area contributed by atoms with Crippen LogP contribution in [0.25, 0.3) is 0 Å². The minimum absolute atomic E-state index is 0.471. The molecule has 2 atom stereocenters. The van der Waals surface area contributed by atoms with Gasteiger partial charge in [-0.25, -0.2) is 0 Å². The van der Waals surface area contributed by atoms with E-state index in [1.165, 1.54) is 21.8 Å². The molecule has 0 bridgehead atoms. The van der Waals surface area contributed by atoms with Crippen molar-refractivity contribution in [3.63, 3.8) is 0 Å². The Kier molecular flexibility index (Phi) is 3.91. The van der Waals surface area contributed by atoms with Gasteiger partial charge in [0.15, 0.2) is 0 Å². The Morgan fingerprint density at radius 3 is 3.16 bits per heavy atom. The fraction of sp³-hybridized carbons (Fsp3) is 0.400. The number of hydrogen-bond acceptors (Lipinski definition) is 4. The van der Waals surface area contributed by atoms with Crippen LogP contribution in [0.3, 0.4) is 0 Å². The Hall–Kier alpha value is -0.840. The second-order valence-corrected chi connectivity index (χ2v) is 7.65. The van der Waals surface area contributed by atoms with E-state index in [4.69, 9.17) is 0 Å². The topological polar surface area (TPSA) is 24.9 Å². The SMILES string of the molecule is Cc1cccnc1CNC1C[C@H](C)Sc2sccc21. The number of fused-ring (bicyclic) bond motifs is 1. The van der Waals surface area contributed by atoms with E-state index in [0.29, 0.717) is 11.3 Å². The summed E-state index contributed by atoms with van der Waals surface area (Å²) in [6, 6.07) is 6.86. The Labute approximate surface area is 122 Å². The molecule has 1 unspecified atom stereocenters. The average molecular weight is 290 g/mol. The van der Waals surface area contributed by atoms with Gasteiger partial charge in [0.1, 0.15) is 0 Å². The molecular weight excluding hydrogens is 272 g/mol. The highest BCUT2D eigenvalue weighted by molar-refractivity contribution is 8.01. The van der Waals surface area contributed by atoms with Crippen molar-refractivity contribution < 1.29 is 0 Å². The number of hydrogen-bond donors (Lipinski definition) is 1. The molecule has 0 fully saturated rings. The first-order chi connectivity index (χ1) is 9.24. The highest BCUT2D eigenvalue weighted by Crippen LogP contribution is 2.43. The van der Waals surface area contributed by atoms with Crippen molar-refractivity contribution in [1.29, 1.82) is 0 Å². The number of rotatable bonds is 3. The highest BCUT2D eigenvalue weighted by atomic mass is 32.2. The molecule has 0 aromatic carbocycles. The molecule has 1 N–H and O–H groups in total. The second-order valence-electron chi connectivity index (χ2n) is 5.03. The van der Waals surface area contributed by atoms with Gasteiger partial charge in [-0.15, -0.1) is 23.1 Å². The average Bonchev–Trinajstić information content (AvgIpc) is 2.85. The Bertz CT molecular complexity index is 565. The van der Waals surface area contributed by atoms with Gasteiger partial charge >= 0.3 is 0 Å². The fourth-order valence-corrected chi connectivity index (χ4v) is 5.03. The van der Waals surface area contributed by atoms with Crippen molar-refractivity contribution in [2.45, 2.75) is 42.3 Å². The van der Waals surface area contributed by atoms with Gasteiger partial charge in [0.05, 0.1) is 9.90 Å². The van der Waals surface area contributed by atoms with Crippen LogP contribution in [0.4, 0.5) is 0 Å². The largest absolute Gasteiger partial charge is 0.304 e. The monoisotopic (exact) mass is 290 g/mol. The summed E-state index contributed by atoms with van der Waals surface area (Å²) in [6.07, 6.45) is 3.07. The molecule has 100 valence electrons. The maximum atomic E-state index is 4.46. The van der Waals surface area contributed by atoms with Crippen LogP contribution in [0.5, 0.6) is 0 Å². The van der Waals surface area contributed by atoms with Crippen molar-refractivity contribution in [2.24, 2.45) is 0 Å². The van der Waals surface area contributed by atoms with E-state index in [1.807, 2.05) is 35.4 Å². The zero-order valence-electron chi connectivity index (χ0n) is 11.2. The van der Waals surface area contributed by atoms with Crippen molar-refractivity contribution in [1.82, 2.24) is 10.3 Å². The van der Waals surface area contributed by atoms with Gasteiger partial charge < -0.3 is 5.32 Å². The molecule has 3 heterocycles. The van der Waals surface area contributed by atoms with Crippen molar-refractivity contribution in [2.75, 3.05) is 0 Å². The Morgan fingerprint density at radius 1 is 1.42 bits per heavy atom. The van der Waals surface area contributed by atoms with Gasteiger partial charge in [-0.05, 0) is 42.0 Å². The molecule has 3 rings (SSSR count). The molecule has 1 aliphatic rings. The van der Waals surface area contributed by atoms with Crippen LogP contribution in [0.2, 0.25) is 0 Å². The summed E-state index contributed by atoms with van der Waals surface area (Å²) in [6.45, 7) is 5.29. The first-order valence-corrected chi connectivity index (χ1v) is 8.38. The lowest BCUT2D eigenvalue weighted by Gasteiger charge is -2.27. The first-order valence-electron chi connectivity index (χ1n) is 6.62. The standard InChI is InChI=1S/C15H18N2S2/c1-10-4-3-6-16-14(10)9-17-13-8-11(2)19-15-12(13)5-7-18-15/h3-7,11,13,17H,8-9H2,1-2H3/t11-,13?/m0/s1. The van der Waals surface area contributed by atoms with E-state index >= 15 is 0 Å². The third-order valence-electron chi connectivity index (χ3n) is 3.54. The number of thioether (sulfide) groups is 1. The molecule has 19 heavy (non-hydrogen) atoms. The van der Waals surface area contributed by atoms with Gasteiger partial charge in [-0.2, -0.15) is 0 Å². The molecule has 0 aliphatic carbocycles. The van der Waals surface area contributed by atoms with E-state index in [0.717, 1.165) is 12.2 Å². The molecule has 0 saturated carbocycles. The summed E-state index contributed by atoms with van der Waals surface area (Å²) in [5.41, 5.74) is 3.89. The van der Waals surface area contributed by atoms with Crippen LogP contribution in [0.1, 0.15) is 36.2 Å². The third kappa shape index (κ3) is 2.86. The number of pyridine rings is 1. The minimum Gasteiger partial charge on any atom is -0.304 e. The molecular formula is C15H18N2S2. The molecule has 1 aliphatic heterocycles. The van der Waals surface area contributed by atoms with E-state index < -0.39 is 0 Å². The van der Waals surface area contributed by atoms with Crippen LogP contribution in [-0.2, 0) is 6.54 Å². The second kappa shape index (κ2) is 5.65. The van der Waals surface area contributed by atoms with Gasteiger partial charge in [0, 0.05) is 24.0 Å². The molecule has 0 radical (unpaired) electrons. The summed E-state index contributed by atoms with van der Waals surface area (Å²) in [5, 5.41) is 6.58. The number of thiophene rings is 1. The van der Waals surface area contributed by atoms with Crippen LogP contribution in [-0.4, -0.2) is 10.2 Å². The molecule has 2 aromatic heterocycles. The number of aryl methyl sites for hydroxylation is 1. The molecule has 0 amide bonds. The van der Waals surface area contributed by atoms with Crippen LogP contribution < -0.4 is 5.32 Å². The highest BCUT2D eigenvalue weighted by Gasteiger charge is 2.25. The summed E-state index contributed by atoms with van der Waals surface area (Å²) < 4.78 is 1.48. The Balaban J connectivity index is 1.73. The maximum Gasteiger partial charge on any atom is 0.0649 e. The van der Waals surface area contributed by atoms with Gasteiger partial charge in [0.25, 0.3) is 0 Å². The lowest BCUT2D eigenvalue weighted by Crippen LogP contribution is -2.26. The van der Waals surface area contributed by atoms with Gasteiger partial charge in [0.2, 0.25) is 0 Å². The number of nitrogens with one attached hydrogen (secondary N) is 1. The van der Waals surface area contributed by atoms with Crippen LogP contribution in [0, 0.1) is 6.92 Å². The van der Waals surface area contributed by atoms with Crippen LogP contribution in [0.15, 0.2) is 34.0 Å². The number of aromatic nitrogens is 1. The molecule has 2 aromatic rings. The van der Waals surface area contributed by atoms with Crippen LogP contribution >= 0.6 is 23.1 Å². The quantitative estimate of drug-likeness (QED) is 0.918. The smallest absolute Gasteiger partial charge is 0.0649 e. The molecule has 0 saturated heterocycles. The molecule has 2 nitrogen and oxygen atoms in total. The predicted molar refractivity (Wildman–Crippen MR) is 82.8 cm³/mol. The van der Waals surface area contributed by atoms with E-state index in [9.17, 15) is 0 Å². The van der Waals surface area contributed by atoms with Crippen molar-refractivity contribution >= 4 is 23.1 Å². The summed E-state index contributed by atoms with van der Waals surface area (Å²) in [4.78, 5) is 4.46. The summed E-state index contributed by atoms with van der Waals surface area (Å²) in [5.74, 6) is 0. The van der Waals surface area contributed by atoms with Gasteiger partial charge in [-0.1, -0.05) is 13.0 Å². The minimum atomic E-state index is 0.471. The summed E-state index contributed by atoms with van der Waals surface area (Å²) >= 11 is 3.88. The third-order valence-corrected chi connectivity index (χ3v) is 5.89. The van der Waals surface area contributed by atoms with Gasteiger partial charge in [-0.3, -0.25) is 4.98 Å². The van der Waals surface area contributed by atoms with E-state index in [-0.39, 0.29) is 0 Å². The lowest BCUT2D eigenvalue weighted by atomic mass is 10.0. The van der Waals surface area contributed by atoms with Crippen molar-refractivity contribution in [3.8, 4) is 0 Å². The zero-order chi connectivity index (χ0) is 13.2. The normalized spacial score (nSPS) is 22.2. The first kappa shape index (κ1) is 13.2. The maximum absolute atomic E-state index is 4.46. The fourth-order valence-electron chi connectivity index (χ4n) is 2.47. The Morgan fingerprint density at radius 2 is 2.32 bits per heavy atom. The summed E-state index contributed by atoms with van der Waals surface area (Å²) in [7, 11) is 0. The zero-order valence-corrected chi connectivity index (χ0v) is 12.9. The number of nitrogens with zero attached hydrogens (tertiary/aromatic N) is 1. The van der Waals surface area contributed by atoms with Crippen molar-refractivity contribution in [3.05, 3.63) is 46.6 Å². The molecule has 0 spiro atoms. The predicted octanol–water partition coefficient (Wildman–Crippen LogP) is 4.17. The van der Waals surface area contributed by atoms with E-state index in [1.54, 1.807) is 0 Å². The van der Waals surface area contributed by atoms with E-state index in [2.05, 4.69) is 41.7 Å². The molecule has 4 heteroatoms.